The average Bonchev–Trinajstić information content (AvgIpc) is 3.25. The molecule has 5 nitrogen and oxygen atoms in total. The van der Waals surface area contributed by atoms with Gasteiger partial charge in [0.25, 0.3) is 5.91 Å². The van der Waals surface area contributed by atoms with Gasteiger partial charge < -0.3 is 14.1 Å². The van der Waals surface area contributed by atoms with Gasteiger partial charge in [0.15, 0.2) is 5.76 Å². The first-order valence-corrected chi connectivity index (χ1v) is 7.60. The molecule has 0 bridgehead atoms. The first-order chi connectivity index (χ1) is 11.7. The van der Waals surface area contributed by atoms with Crippen molar-refractivity contribution in [3.05, 3.63) is 78.5 Å². The third-order valence-electron chi connectivity index (χ3n) is 3.84. The lowest BCUT2D eigenvalue weighted by Gasteiger charge is -2.04. The molecule has 24 heavy (non-hydrogen) atoms. The second-order valence-corrected chi connectivity index (χ2v) is 5.56. The van der Waals surface area contributed by atoms with Crippen molar-refractivity contribution in [3.63, 3.8) is 0 Å². The van der Waals surface area contributed by atoms with Crippen molar-refractivity contribution >= 4 is 17.2 Å². The summed E-state index contributed by atoms with van der Waals surface area (Å²) < 4.78 is 7.11. The highest BCUT2D eigenvalue weighted by molar-refractivity contribution is 6.02. The fourth-order valence-corrected chi connectivity index (χ4v) is 2.65. The number of benzene rings is 1. The van der Waals surface area contributed by atoms with Crippen LogP contribution in [0, 0.1) is 6.92 Å². The number of pyridine rings is 1. The normalized spacial score (nSPS) is 10.9. The molecule has 0 saturated carbocycles. The highest BCUT2D eigenvalue weighted by Gasteiger charge is 2.10. The fourth-order valence-electron chi connectivity index (χ4n) is 2.65. The molecular formula is C19H15N3O2. The topological polar surface area (TPSA) is 59.5 Å². The molecule has 3 aromatic heterocycles. The van der Waals surface area contributed by atoms with Gasteiger partial charge >= 0.3 is 0 Å². The van der Waals surface area contributed by atoms with Gasteiger partial charge in [0, 0.05) is 23.6 Å². The van der Waals surface area contributed by atoms with Crippen LogP contribution in [-0.2, 0) is 0 Å². The van der Waals surface area contributed by atoms with E-state index in [1.54, 1.807) is 12.1 Å². The third kappa shape index (κ3) is 2.56. The van der Waals surface area contributed by atoms with E-state index in [0.717, 1.165) is 22.5 Å². The van der Waals surface area contributed by atoms with Gasteiger partial charge in [0.2, 0.25) is 0 Å². The molecule has 0 radical (unpaired) electrons. The zero-order valence-corrected chi connectivity index (χ0v) is 13.1. The molecule has 1 amide bonds. The van der Waals surface area contributed by atoms with E-state index in [1.807, 2.05) is 60.1 Å². The first kappa shape index (κ1) is 14.3. The van der Waals surface area contributed by atoms with Gasteiger partial charge in [-0.15, -0.1) is 0 Å². The van der Waals surface area contributed by atoms with Crippen LogP contribution in [0.4, 0.5) is 5.69 Å². The summed E-state index contributed by atoms with van der Waals surface area (Å²) in [4.78, 5) is 16.8. The van der Waals surface area contributed by atoms with Gasteiger partial charge in [0.1, 0.15) is 5.65 Å². The first-order valence-electron chi connectivity index (χ1n) is 7.60. The molecular weight excluding hydrogens is 302 g/mol. The predicted molar refractivity (Wildman–Crippen MR) is 92.0 cm³/mol. The number of amides is 1. The van der Waals surface area contributed by atoms with Gasteiger partial charge in [0.05, 0.1) is 12.0 Å². The van der Waals surface area contributed by atoms with E-state index in [0.29, 0.717) is 5.69 Å². The number of nitrogens with zero attached hydrogens (tertiary/aromatic N) is 2. The Morgan fingerprint density at radius 2 is 2.08 bits per heavy atom. The molecule has 0 unspecified atom stereocenters. The summed E-state index contributed by atoms with van der Waals surface area (Å²) in [5.74, 6) is 0.00625. The largest absolute Gasteiger partial charge is 0.459 e. The lowest BCUT2D eigenvalue weighted by atomic mass is 10.1. The number of aromatic nitrogens is 2. The van der Waals surface area contributed by atoms with E-state index in [9.17, 15) is 4.79 Å². The Bertz CT molecular complexity index is 1020. The molecule has 4 aromatic rings. The number of furan rings is 1. The lowest BCUT2D eigenvalue weighted by Crippen LogP contribution is -2.10. The zero-order valence-electron chi connectivity index (χ0n) is 13.1. The summed E-state index contributed by atoms with van der Waals surface area (Å²) >= 11 is 0. The molecule has 5 heteroatoms. The van der Waals surface area contributed by atoms with Crippen molar-refractivity contribution in [2.45, 2.75) is 6.92 Å². The Morgan fingerprint density at radius 3 is 2.88 bits per heavy atom. The summed E-state index contributed by atoms with van der Waals surface area (Å²) in [5, 5.41) is 2.83. The van der Waals surface area contributed by atoms with E-state index >= 15 is 0 Å². The molecule has 118 valence electrons. The maximum absolute atomic E-state index is 12.1. The quantitative estimate of drug-likeness (QED) is 0.617. The Balaban J connectivity index is 1.66. The van der Waals surface area contributed by atoms with Crippen LogP contribution >= 0.6 is 0 Å². The van der Waals surface area contributed by atoms with Gasteiger partial charge in [-0.2, -0.15) is 0 Å². The van der Waals surface area contributed by atoms with E-state index in [2.05, 4.69) is 10.3 Å². The molecule has 0 aliphatic carbocycles. The number of fused-ring (bicyclic) bond motifs is 1. The van der Waals surface area contributed by atoms with Gasteiger partial charge in [-0.25, -0.2) is 4.98 Å². The summed E-state index contributed by atoms with van der Waals surface area (Å²) in [5.41, 5.74) is 4.54. The van der Waals surface area contributed by atoms with Crippen LogP contribution in [0.3, 0.4) is 0 Å². The van der Waals surface area contributed by atoms with Gasteiger partial charge in [-0.05, 0) is 42.8 Å². The molecule has 0 atom stereocenters. The molecule has 0 saturated heterocycles. The smallest absolute Gasteiger partial charge is 0.291 e. The Kier molecular flexibility index (Phi) is 3.39. The van der Waals surface area contributed by atoms with E-state index in [4.69, 9.17) is 4.42 Å². The Hall–Kier alpha value is -3.34. The number of hydrogen-bond donors (Lipinski definition) is 1. The number of nitrogens with one attached hydrogen (secondary N) is 1. The minimum atomic E-state index is -0.275. The van der Waals surface area contributed by atoms with Crippen LogP contribution in [0.15, 0.2) is 71.6 Å². The second kappa shape index (κ2) is 5.70. The third-order valence-corrected chi connectivity index (χ3v) is 3.84. The molecule has 0 spiro atoms. The monoisotopic (exact) mass is 317 g/mol. The van der Waals surface area contributed by atoms with Crippen molar-refractivity contribution in [1.29, 1.82) is 0 Å². The van der Waals surface area contributed by atoms with Crippen molar-refractivity contribution in [2.24, 2.45) is 0 Å². The Labute approximate surface area is 138 Å². The number of anilines is 1. The SMILES string of the molecule is Cc1cccn2cc(-c3cccc(NC(=O)c4ccco4)c3)nc12. The van der Waals surface area contributed by atoms with Gasteiger partial charge in [-0.1, -0.05) is 18.2 Å². The van der Waals surface area contributed by atoms with Crippen molar-refractivity contribution < 1.29 is 9.21 Å². The molecule has 0 aliphatic heterocycles. The predicted octanol–water partition coefficient (Wildman–Crippen LogP) is 4.16. The standard InChI is InChI=1S/C19H15N3O2/c1-13-5-3-9-22-12-16(21-18(13)22)14-6-2-7-15(11-14)20-19(23)17-8-4-10-24-17/h2-12H,1H3,(H,20,23). The highest BCUT2D eigenvalue weighted by Crippen LogP contribution is 2.23. The average molecular weight is 317 g/mol. The molecule has 3 heterocycles. The van der Waals surface area contributed by atoms with Gasteiger partial charge in [-0.3, -0.25) is 4.79 Å². The summed E-state index contributed by atoms with van der Waals surface area (Å²) in [6.45, 7) is 2.03. The fraction of sp³-hybridized carbons (Fsp3) is 0.0526. The van der Waals surface area contributed by atoms with Crippen LogP contribution < -0.4 is 5.32 Å². The molecule has 4 rings (SSSR count). The van der Waals surface area contributed by atoms with Crippen LogP contribution in [0.5, 0.6) is 0 Å². The number of carbonyl (C=O) groups excluding carboxylic acids is 1. The number of carbonyl (C=O) groups is 1. The highest BCUT2D eigenvalue weighted by atomic mass is 16.3. The maximum Gasteiger partial charge on any atom is 0.291 e. The van der Waals surface area contributed by atoms with Crippen LogP contribution in [0.1, 0.15) is 16.1 Å². The zero-order chi connectivity index (χ0) is 16.5. The minimum Gasteiger partial charge on any atom is -0.459 e. The van der Waals surface area contributed by atoms with E-state index in [-0.39, 0.29) is 11.7 Å². The number of imidazole rings is 1. The number of hydrogen-bond acceptors (Lipinski definition) is 3. The van der Waals surface area contributed by atoms with Crippen LogP contribution in [0.2, 0.25) is 0 Å². The Morgan fingerprint density at radius 1 is 1.17 bits per heavy atom. The maximum atomic E-state index is 12.1. The van der Waals surface area contributed by atoms with E-state index < -0.39 is 0 Å². The summed E-state index contributed by atoms with van der Waals surface area (Å²) in [6, 6.07) is 14.9. The van der Waals surface area contributed by atoms with Crippen molar-refractivity contribution in [1.82, 2.24) is 9.38 Å². The second-order valence-electron chi connectivity index (χ2n) is 5.56. The lowest BCUT2D eigenvalue weighted by molar-refractivity contribution is 0.0996. The molecule has 1 aromatic carbocycles. The van der Waals surface area contributed by atoms with Crippen molar-refractivity contribution in [2.75, 3.05) is 5.32 Å². The summed E-state index contributed by atoms with van der Waals surface area (Å²) in [7, 11) is 0. The minimum absolute atomic E-state index is 0.275. The summed E-state index contributed by atoms with van der Waals surface area (Å²) in [6.07, 6.45) is 5.43. The van der Waals surface area contributed by atoms with E-state index in [1.165, 1.54) is 6.26 Å². The number of aryl methyl sites for hydroxylation is 1. The molecule has 0 aliphatic rings. The number of rotatable bonds is 3. The molecule has 0 fully saturated rings. The van der Waals surface area contributed by atoms with Crippen LogP contribution in [0.25, 0.3) is 16.9 Å². The van der Waals surface area contributed by atoms with Crippen molar-refractivity contribution in [3.8, 4) is 11.3 Å². The van der Waals surface area contributed by atoms with Crippen LogP contribution in [-0.4, -0.2) is 15.3 Å². The molecule has 1 N–H and O–H groups in total.